The minimum absolute atomic E-state index is 0.501. The third-order valence-electron chi connectivity index (χ3n) is 2.84. The summed E-state index contributed by atoms with van der Waals surface area (Å²) < 4.78 is 3.24. The largest absolute Gasteiger partial charge is 0.310 e. The van der Waals surface area contributed by atoms with Gasteiger partial charge >= 0.3 is 0 Å². The van der Waals surface area contributed by atoms with E-state index < -0.39 is 0 Å². The van der Waals surface area contributed by atoms with Crippen LogP contribution in [-0.4, -0.2) is 15.8 Å². The van der Waals surface area contributed by atoms with E-state index in [0.29, 0.717) is 6.04 Å². The van der Waals surface area contributed by atoms with Crippen molar-refractivity contribution in [3.05, 3.63) is 38.3 Å². The van der Waals surface area contributed by atoms with Gasteiger partial charge in [-0.1, -0.05) is 13.8 Å². The predicted octanol–water partition coefficient (Wildman–Crippen LogP) is 3.56. The molecule has 2 aromatic rings. The number of hydrogen-bond donors (Lipinski definition) is 1. The first-order valence-electron chi connectivity index (χ1n) is 6.05. The number of rotatable bonds is 5. The Morgan fingerprint density at radius 1 is 1.44 bits per heavy atom. The van der Waals surface area contributed by atoms with Gasteiger partial charge in [0.25, 0.3) is 0 Å². The van der Waals surface area contributed by atoms with Gasteiger partial charge in [-0.05, 0) is 35.0 Å². The van der Waals surface area contributed by atoms with E-state index in [1.54, 1.807) is 11.3 Å². The van der Waals surface area contributed by atoms with Crippen LogP contribution in [0.25, 0.3) is 0 Å². The van der Waals surface area contributed by atoms with Crippen molar-refractivity contribution in [1.82, 2.24) is 15.1 Å². The third-order valence-corrected chi connectivity index (χ3v) is 4.45. The first-order valence-corrected chi connectivity index (χ1v) is 7.66. The zero-order chi connectivity index (χ0) is 13.1. The molecule has 2 heterocycles. The maximum atomic E-state index is 4.47. The van der Waals surface area contributed by atoms with Crippen LogP contribution in [0.15, 0.2) is 22.1 Å². The van der Waals surface area contributed by atoms with Crippen molar-refractivity contribution in [1.29, 1.82) is 0 Å². The van der Waals surface area contributed by atoms with Crippen molar-refractivity contribution < 1.29 is 0 Å². The van der Waals surface area contributed by atoms with Gasteiger partial charge in [-0.15, -0.1) is 11.3 Å². The lowest BCUT2D eigenvalue weighted by atomic mass is 10.2. The highest BCUT2D eigenvalue weighted by atomic mass is 79.9. The van der Waals surface area contributed by atoms with Crippen molar-refractivity contribution in [2.45, 2.75) is 39.9 Å². The highest BCUT2D eigenvalue weighted by Gasteiger charge is 2.08. The summed E-state index contributed by atoms with van der Waals surface area (Å²) in [5.74, 6) is 0. The SMILES string of the molecule is Cc1c(CNC(C)C)cnn1Cc1ccc(Br)s1. The molecular weight excluding hydrogens is 310 g/mol. The maximum absolute atomic E-state index is 4.47. The number of nitrogens with one attached hydrogen (secondary N) is 1. The molecule has 0 fully saturated rings. The molecule has 2 rings (SSSR count). The Labute approximate surface area is 120 Å². The Morgan fingerprint density at radius 2 is 2.22 bits per heavy atom. The van der Waals surface area contributed by atoms with Crippen molar-refractivity contribution >= 4 is 27.3 Å². The van der Waals surface area contributed by atoms with Crippen molar-refractivity contribution in [3.8, 4) is 0 Å². The first kappa shape index (κ1) is 13.8. The topological polar surface area (TPSA) is 29.9 Å². The second-order valence-electron chi connectivity index (χ2n) is 4.65. The summed E-state index contributed by atoms with van der Waals surface area (Å²) in [6.45, 7) is 8.18. The summed E-state index contributed by atoms with van der Waals surface area (Å²) in [4.78, 5) is 1.32. The van der Waals surface area contributed by atoms with Crippen LogP contribution < -0.4 is 5.32 Å². The molecule has 3 nitrogen and oxygen atoms in total. The monoisotopic (exact) mass is 327 g/mol. The van der Waals surface area contributed by atoms with Gasteiger partial charge < -0.3 is 5.32 Å². The van der Waals surface area contributed by atoms with E-state index in [-0.39, 0.29) is 0 Å². The maximum Gasteiger partial charge on any atom is 0.0755 e. The summed E-state index contributed by atoms with van der Waals surface area (Å²) in [5, 5.41) is 7.89. The highest BCUT2D eigenvalue weighted by molar-refractivity contribution is 9.11. The molecule has 0 amide bonds. The molecule has 0 aliphatic rings. The normalized spacial score (nSPS) is 11.4. The predicted molar refractivity (Wildman–Crippen MR) is 80.1 cm³/mol. The first-order chi connectivity index (χ1) is 8.56. The molecule has 0 saturated carbocycles. The van der Waals surface area contributed by atoms with Crippen molar-refractivity contribution in [2.24, 2.45) is 0 Å². The number of aromatic nitrogens is 2. The molecule has 0 aliphatic carbocycles. The Kier molecular flexibility index (Phi) is 4.59. The Hall–Kier alpha value is -0.650. The van der Waals surface area contributed by atoms with Gasteiger partial charge in [0.05, 0.1) is 16.5 Å². The van der Waals surface area contributed by atoms with E-state index in [1.165, 1.54) is 19.9 Å². The number of halogens is 1. The summed E-state index contributed by atoms with van der Waals surface area (Å²) >= 11 is 5.25. The van der Waals surface area contributed by atoms with Gasteiger partial charge in [0, 0.05) is 28.7 Å². The number of thiophene rings is 1. The fraction of sp³-hybridized carbons (Fsp3) is 0.462. The quantitative estimate of drug-likeness (QED) is 0.909. The minimum Gasteiger partial charge on any atom is -0.310 e. The van der Waals surface area contributed by atoms with Gasteiger partial charge in [-0.3, -0.25) is 4.68 Å². The van der Waals surface area contributed by atoms with Crippen LogP contribution >= 0.6 is 27.3 Å². The second kappa shape index (κ2) is 5.99. The molecular formula is C13H18BrN3S. The van der Waals surface area contributed by atoms with Gasteiger partial charge in [0.2, 0.25) is 0 Å². The standard InChI is InChI=1S/C13H18BrN3S/c1-9(2)15-6-11-7-16-17(10(11)3)8-12-4-5-13(14)18-12/h4-5,7,9,15H,6,8H2,1-3H3. The zero-order valence-electron chi connectivity index (χ0n) is 10.9. The van der Waals surface area contributed by atoms with Crippen LogP contribution in [0.5, 0.6) is 0 Å². The molecule has 0 saturated heterocycles. The molecule has 0 aliphatic heterocycles. The Morgan fingerprint density at radius 3 is 2.83 bits per heavy atom. The number of nitrogens with zero attached hydrogens (tertiary/aromatic N) is 2. The van der Waals surface area contributed by atoms with E-state index >= 15 is 0 Å². The van der Waals surface area contributed by atoms with Crippen molar-refractivity contribution in [3.63, 3.8) is 0 Å². The average molecular weight is 328 g/mol. The van der Waals surface area contributed by atoms with Crippen LogP contribution in [0.1, 0.15) is 30.0 Å². The van der Waals surface area contributed by atoms with E-state index in [0.717, 1.165) is 13.1 Å². The summed E-state index contributed by atoms with van der Waals surface area (Å²) in [7, 11) is 0. The van der Waals surface area contributed by atoms with Gasteiger partial charge in [0.15, 0.2) is 0 Å². The molecule has 5 heteroatoms. The molecule has 0 unspecified atom stereocenters. The third kappa shape index (κ3) is 3.43. The molecule has 0 spiro atoms. The lowest BCUT2D eigenvalue weighted by Gasteiger charge is -2.08. The van der Waals surface area contributed by atoms with Crippen LogP contribution in [0.3, 0.4) is 0 Å². The molecule has 98 valence electrons. The molecule has 1 N–H and O–H groups in total. The van der Waals surface area contributed by atoms with E-state index in [9.17, 15) is 0 Å². The van der Waals surface area contributed by atoms with Crippen molar-refractivity contribution in [2.75, 3.05) is 0 Å². The molecule has 0 aromatic carbocycles. The lowest BCUT2D eigenvalue weighted by molar-refractivity contribution is 0.585. The molecule has 18 heavy (non-hydrogen) atoms. The summed E-state index contributed by atoms with van der Waals surface area (Å²) in [5.41, 5.74) is 2.52. The fourth-order valence-corrected chi connectivity index (χ4v) is 3.18. The van der Waals surface area contributed by atoms with Crippen LogP contribution in [-0.2, 0) is 13.1 Å². The average Bonchev–Trinajstić information content (AvgIpc) is 2.86. The Bertz CT molecular complexity index is 516. The summed E-state index contributed by atoms with van der Waals surface area (Å²) in [6.07, 6.45) is 1.97. The van der Waals surface area contributed by atoms with E-state index in [1.807, 2.05) is 6.20 Å². The van der Waals surface area contributed by atoms with Gasteiger partial charge in [-0.25, -0.2) is 0 Å². The van der Waals surface area contributed by atoms with Gasteiger partial charge in [0.1, 0.15) is 0 Å². The zero-order valence-corrected chi connectivity index (χ0v) is 13.3. The Balaban J connectivity index is 2.06. The van der Waals surface area contributed by atoms with Crippen LogP contribution in [0, 0.1) is 6.92 Å². The molecule has 0 bridgehead atoms. The second-order valence-corrected chi connectivity index (χ2v) is 7.20. The smallest absolute Gasteiger partial charge is 0.0755 e. The number of hydrogen-bond acceptors (Lipinski definition) is 3. The van der Waals surface area contributed by atoms with Gasteiger partial charge in [-0.2, -0.15) is 5.10 Å². The molecule has 0 atom stereocenters. The van der Waals surface area contributed by atoms with Crippen LogP contribution in [0.2, 0.25) is 0 Å². The van der Waals surface area contributed by atoms with Crippen LogP contribution in [0.4, 0.5) is 0 Å². The summed E-state index contributed by atoms with van der Waals surface area (Å²) in [6, 6.07) is 4.73. The fourth-order valence-electron chi connectivity index (χ4n) is 1.72. The highest BCUT2D eigenvalue weighted by Crippen LogP contribution is 2.23. The minimum atomic E-state index is 0.501. The molecule has 2 aromatic heterocycles. The lowest BCUT2D eigenvalue weighted by Crippen LogP contribution is -2.22. The van der Waals surface area contributed by atoms with E-state index in [4.69, 9.17) is 0 Å². The van der Waals surface area contributed by atoms with E-state index in [2.05, 4.69) is 63.9 Å². The molecule has 0 radical (unpaired) electrons.